The average Bonchev–Trinajstić information content (AvgIpc) is 2.91. The Morgan fingerprint density at radius 1 is 1.11 bits per heavy atom. The number of amides is 2. The third-order valence-electron chi connectivity index (χ3n) is 8.50. The molecule has 27 heavy (non-hydrogen) atoms. The number of carbonyl (C=O) groups excluding carboxylic acids is 2. The molecule has 0 spiro atoms. The monoisotopic (exact) mass is 372 g/mol. The van der Waals surface area contributed by atoms with E-state index < -0.39 is 0 Å². The van der Waals surface area contributed by atoms with E-state index in [-0.39, 0.29) is 40.1 Å². The molecule has 0 bridgehead atoms. The van der Waals surface area contributed by atoms with Crippen LogP contribution in [-0.2, 0) is 9.59 Å². The molecule has 2 amide bonds. The fourth-order valence-electron chi connectivity index (χ4n) is 7.22. The van der Waals surface area contributed by atoms with E-state index in [0.29, 0.717) is 17.8 Å². The number of fused-ring (bicyclic) bond motifs is 5. The first-order valence-electron chi connectivity index (χ1n) is 10.9. The maximum atomic E-state index is 13.0. The second kappa shape index (κ2) is 6.09. The van der Waals surface area contributed by atoms with E-state index in [1.165, 1.54) is 19.3 Å². The van der Waals surface area contributed by atoms with Crippen LogP contribution in [0, 0.1) is 34.5 Å². The fraction of sp³-hybridized carbons (Fsp3) is 0.826. The molecule has 0 aromatic carbocycles. The smallest absolute Gasteiger partial charge is 0.243 e. The van der Waals surface area contributed by atoms with Gasteiger partial charge in [-0.3, -0.25) is 9.59 Å². The largest absolute Gasteiger partial charge is 0.351 e. The molecule has 1 aliphatic heterocycles. The Morgan fingerprint density at radius 3 is 2.56 bits per heavy atom. The molecule has 0 unspecified atom stereocenters. The first-order chi connectivity index (χ1) is 12.5. The molecule has 3 fully saturated rings. The van der Waals surface area contributed by atoms with Crippen molar-refractivity contribution in [3.8, 4) is 0 Å². The lowest BCUT2D eigenvalue weighted by Gasteiger charge is -2.58. The number of hydrogen-bond acceptors (Lipinski definition) is 2. The summed E-state index contributed by atoms with van der Waals surface area (Å²) >= 11 is 0. The minimum Gasteiger partial charge on any atom is -0.351 e. The quantitative estimate of drug-likeness (QED) is 0.735. The van der Waals surface area contributed by atoms with Crippen LogP contribution in [0.5, 0.6) is 0 Å². The average molecular weight is 373 g/mol. The molecule has 3 saturated carbocycles. The summed E-state index contributed by atoms with van der Waals surface area (Å²) in [6.07, 6.45) is 10.7. The van der Waals surface area contributed by atoms with Gasteiger partial charge >= 0.3 is 0 Å². The minimum atomic E-state index is -0.167. The Kier molecular flexibility index (Phi) is 4.29. The van der Waals surface area contributed by atoms with Crippen molar-refractivity contribution in [2.75, 3.05) is 0 Å². The molecule has 0 aromatic rings. The van der Waals surface area contributed by atoms with Crippen molar-refractivity contribution >= 4 is 11.8 Å². The summed E-state index contributed by atoms with van der Waals surface area (Å²) in [5.74, 6) is 2.41. The molecule has 0 saturated heterocycles. The Labute approximate surface area is 163 Å². The van der Waals surface area contributed by atoms with E-state index in [9.17, 15) is 9.59 Å². The lowest BCUT2D eigenvalue weighted by atomic mass is 9.48. The van der Waals surface area contributed by atoms with Crippen LogP contribution in [0.15, 0.2) is 12.2 Å². The van der Waals surface area contributed by atoms with E-state index in [1.54, 1.807) is 6.08 Å². The summed E-state index contributed by atoms with van der Waals surface area (Å²) < 4.78 is 0. The molecular formula is C23H36N2O2. The summed E-state index contributed by atoms with van der Waals surface area (Å²) in [4.78, 5) is 24.9. The highest BCUT2D eigenvalue weighted by molar-refractivity contribution is 5.89. The molecule has 150 valence electrons. The molecule has 2 N–H and O–H groups in total. The van der Waals surface area contributed by atoms with Crippen LogP contribution in [0.2, 0.25) is 0 Å². The fourth-order valence-corrected chi connectivity index (χ4v) is 7.22. The zero-order chi connectivity index (χ0) is 19.6. The molecule has 4 aliphatic rings. The van der Waals surface area contributed by atoms with Crippen LogP contribution >= 0.6 is 0 Å². The van der Waals surface area contributed by atoms with Crippen LogP contribution in [0.1, 0.15) is 73.1 Å². The highest BCUT2D eigenvalue weighted by Gasteiger charge is 2.60. The summed E-state index contributed by atoms with van der Waals surface area (Å²) in [6.45, 7) is 11.0. The summed E-state index contributed by atoms with van der Waals surface area (Å²) in [5, 5.41) is 6.48. The lowest BCUT2D eigenvalue weighted by molar-refractivity contribution is -0.135. The van der Waals surface area contributed by atoms with Gasteiger partial charge in [-0.1, -0.05) is 19.9 Å². The molecule has 1 heterocycles. The molecule has 4 heteroatoms. The Balaban J connectivity index is 1.58. The van der Waals surface area contributed by atoms with Gasteiger partial charge in [0.15, 0.2) is 0 Å². The number of hydrogen-bond donors (Lipinski definition) is 2. The van der Waals surface area contributed by atoms with Crippen molar-refractivity contribution < 1.29 is 9.59 Å². The van der Waals surface area contributed by atoms with Crippen molar-refractivity contribution in [2.45, 2.75) is 84.7 Å². The van der Waals surface area contributed by atoms with Crippen LogP contribution in [0.3, 0.4) is 0 Å². The van der Waals surface area contributed by atoms with E-state index in [2.05, 4.69) is 51.3 Å². The van der Waals surface area contributed by atoms with Gasteiger partial charge in [0.25, 0.3) is 0 Å². The van der Waals surface area contributed by atoms with Crippen LogP contribution in [0.25, 0.3) is 0 Å². The van der Waals surface area contributed by atoms with Gasteiger partial charge < -0.3 is 10.6 Å². The van der Waals surface area contributed by atoms with Crippen molar-refractivity contribution in [1.82, 2.24) is 10.6 Å². The number of nitrogens with one attached hydrogen (secondary N) is 2. The number of carbonyl (C=O) groups is 2. The molecule has 4 nitrogen and oxygen atoms in total. The third-order valence-corrected chi connectivity index (χ3v) is 8.50. The first-order valence-corrected chi connectivity index (χ1v) is 10.9. The van der Waals surface area contributed by atoms with Gasteiger partial charge in [-0.25, -0.2) is 0 Å². The van der Waals surface area contributed by atoms with Gasteiger partial charge in [0.1, 0.15) is 0 Å². The second-order valence-electron chi connectivity index (χ2n) is 11.1. The van der Waals surface area contributed by atoms with Crippen LogP contribution in [-0.4, -0.2) is 23.4 Å². The molecule has 7 atom stereocenters. The Morgan fingerprint density at radius 2 is 1.85 bits per heavy atom. The third kappa shape index (κ3) is 2.94. The van der Waals surface area contributed by atoms with Gasteiger partial charge in [-0.2, -0.15) is 0 Å². The van der Waals surface area contributed by atoms with Crippen molar-refractivity contribution in [3.63, 3.8) is 0 Å². The van der Waals surface area contributed by atoms with Crippen molar-refractivity contribution in [3.05, 3.63) is 12.2 Å². The van der Waals surface area contributed by atoms with E-state index in [0.717, 1.165) is 19.3 Å². The minimum absolute atomic E-state index is 0.0661. The van der Waals surface area contributed by atoms with Crippen molar-refractivity contribution in [1.29, 1.82) is 0 Å². The highest BCUT2D eigenvalue weighted by atomic mass is 16.2. The molecular weight excluding hydrogens is 336 g/mol. The van der Waals surface area contributed by atoms with Crippen LogP contribution in [0.4, 0.5) is 0 Å². The Hall–Kier alpha value is -1.32. The topological polar surface area (TPSA) is 58.2 Å². The maximum Gasteiger partial charge on any atom is 0.243 e. The first kappa shape index (κ1) is 19.0. The van der Waals surface area contributed by atoms with Crippen LogP contribution < -0.4 is 10.6 Å². The highest BCUT2D eigenvalue weighted by Crippen LogP contribution is 2.65. The van der Waals surface area contributed by atoms with E-state index in [4.69, 9.17) is 0 Å². The lowest BCUT2D eigenvalue weighted by Crippen LogP contribution is -2.59. The molecule has 4 rings (SSSR count). The predicted molar refractivity (Wildman–Crippen MR) is 107 cm³/mol. The SMILES string of the molecule is CC(C)(C)NC(=O)[C@H]1CC[C@H]2[C@H]3CC[C@H]4NC(=O)C=C[C@]4(C)[C@@H]3CC[C@@]12C. The zero-order valence-electron chi connectivity index (χ0n) is 17.6. The molecule has 3 aliphatic carbocycles. The van der Waals surface area contributed by atoms with Gasteiger partial charge in [0.2, 0.25) is 11.8 Å². The number of rotatable bonds is 1. The van der Waals surface area contributed by atoms with E-state index >= 15 is 0 Å². The van der Waals surface area contributed by atoms with Gasteiger partial charge in [0.05, 0.1) is 0 Å². The summed E-state index contributed by atoms with van der Waals surface area (Å²) in [6, 6.07) is 0.280. The normalized spacial score (nSPS) is 46.1. The standard InChI is InChI=1S/C23H36N2O2/c1-21(2,3)25-20(27)17-8-7-15-14-6-9-18-23(5,13-11-19(26)24-18)16(14)10-12-22(15,17)4/h11,13-18H,6-10,12H2,1-5H3,(H,24,26)(H,25,27)/t14-,15+,16-,17-,18-,22-,23-/m1/s1. The summed E-state index contributed by atoms with van der Waals surface area (Å²) in [5.41, 5.74) is 0.0323. The molecule has 0 aromatic heterocycles. The van der Waals surface area contributed by atoms with Gasteiger partial charge in [-0.05, 0) is 88.5 Å². The second-order valence-corrected chi connectivity index (χ2v) is 11.1. The summed E-state index contributed by atoms with van der Waals surface area (Å²) in [7, 11) is 0. The Bertz CT molecular complexity index is 678. The van der Waals surface area contributed by atoms with E-state index in [1.807, 2.05) is 0 Å². The molecule has 0 radical (unpaired) electrons. The van der Waals surface area contributed by atoms with Crippen molar-refractivity contribution in [2.24, 2.45) is 34.5 Å². The zero-order valence-corrected chi connectivity index (χ0v) is 17.6. The van der Waals surface area contributed by atoms with Gasteiger partial charge in [-0.15, -0.1) is 0 Å². The maximum absolute atomic E-state index is 13.0. The van der Waals surface area contributed by atoms with Gasteiger partial charge in [0, 0.05) is 22.9 Å². The predicted octanol–water partition coefficient (Wildman–Crippen LogP) is 3.81.